The molecule has 0 spiro atoms. The molecule has 1 aromatic heterocycles. The van der Waals surface area contributed by atoms with Crippen LogP contribution in [-0.4, -0.2) is 30.5 Å². The first-order valence-electron chi connectivity index (χ1n) is 8.72. The zero-order chi connectivity index (χ0) is 21.8. The Morgan fingerprint density at radius 3 is 2.37 bits per heavy atom. The van der Waals surface area contributed by atoms with E-state index in [0.717, 1.165) is 23.4 Å². The highest BCUT2D eigenvalue weighted by atomic mass is 32.2. The Kier molecular flexibility index (Phi) is 6.06. The SMILES string of the molecule is CCn1c(Sc2ccc([N+](=O)[O-])cc2[N+](=O)[O-])nnc1-c1ccc(NC(C)=O)cc1. The van der Waals surface area contributed by atoms with E-state index in [1.807, 2.05) is 6.92 Å². The van der Waals surface area contributed by atoms with E-state index < -0.39 is 9.85 Å². The normalized spacial score (nSPS) is 10.6. The Labute approximate surface area is 174 Å². The molecule has 3 rings (SSSR count). The molecule has 0 saturated heterocycles. The maximum absolute atomic E-state index is 11.4. The summed E-state index contributed by atoms with van der Waals surface area (Å²) in [7, 11) is 0. The number of non-ortho nitro benzene ring substituents is 1. The summed E-state index contributed by atoms with van der Waals surface area (Å²) >= 11 is 1.01. The van der Waals surface area contributed by atoms with Crippen molar-refractivity contribution in [1.29, 1.82) is 0 Å². The zero-order valence-electron chi connectivity index (χ0n) is 15.9. The van der Waals surface area contributed by atoms with Crippen molar-refractivity contribution in [1.82, 2.24) is 14.8 Å². The maximum Gasteiger partial charge on any atom is 0.290 e. The van der Waals surface area contributed by atoms with Gasteiger partial charge in [-0.05, 0) is 49.0 Å². The molecule has 0 atom stereocenters. The zero-order valence-corrected chi connectivity index (χ0v) is 16.8. The van der Waals surface area contributed by atoms with Crippen LogP contribution in [-0.2, 0) is 11.3 Å². The van der Waals surface area contributed by atoms with Gasteiger partial charge in [0.15, 0.2) is 11.0 Å². The number of carbonyl (C=O) groups excluding carboxylic acids is 1. The number of hydrogen-bond acceptors (Lipinski definition) is 8. The molecular weight excluding hydrogens is 412 g/mol. The first-order valence-corrected chi connectivity index (χ1v) is 9.53. The fourth-order valence-electron chi connectivity index (χ4n) is 2.72. The van der Waals surface area contributed by atoms with Gasteiger partial charge in [-0.1, -0.05) is 0 Å². The third-order valence-corrected chi connectivity index (χ3v) is 5.10. The van der Waals surface area contributed by atoms with E-state index in [-0.39, 0.29) is 22.2 Å². The van der Waals surface area contributed by atoms with Crippen LogP contribution in [0.1, 0.15) is 13.8 Å². The fourth-order valence-corrected chi connectivity index (χ4v) is 3.69. The average Bonchev–Trinajstić information content (AvgIpc) is 3.10. The second kappa shape index (κ2) is 8.69. The van der Waals surface area contributed by atoms with Crippen molar-refractivity contribution >= 4 is 34.7 Å². The molecule has 1 amide bonds. The van der Waals surface area contributed by atoms with Crippen LogP contribution in [0.3, 0.4) is 0 Å². The first-order chi connectivity index (χ1) is 14.3. The van der Waals surface area contributed by atoms with Gasteiger partial charge in [0.1, 0.15) is 0 Å². The quantitative estimate of drug-likeness (QED) is 0.440. The molecule has 3 aromatic rings. The van der Waals surface area contributed by atoms with Gasteiger partial charge in [-0.2, -0.15) is 0 Å². The minimum atomic E-state index is -0.682. The molecule has 0 saturated carbocycles. The molecule has 0 aliphatic carbocycles. The Balaban J connectivity index is 1.94. The topological polar surface area (TPSA) is 146 Å². The van der Waals surface area contributed by atoms with Crippen LogP contribution in [0, 0.1) is 20.2 Å². The molecular formula is C18H16N6O5S. The van der Waals surface area contributed by atoms with Gasteiger partial charge in [0.25, 0.3) is 11.4 Å². The van der Waals surface area contributed by atoms with E-state index in [1.165, 1.54) is 19.1 Å². The lowest BCUT2D eigenvalue weighted by atomic mass is 10.2. The van der Waals surface area contributed by atoms with Gasteiger partial charge in [0.2, 0.25) is 5.91 Å². The standard InChI is InChI=1S/C18H16N6O5S/c1-3-22-17(12-4-6-13(7-5-12)19-11(2)25)20-21-18(22)30-16-9-8-14(23(26)27)10-15(16)24(28)29/h4-10H,3H2,1-2H3,(H,19,25). The van der Waals surface area contributed by atoms with Crippen molar-refractivity contribution in [3.63, 3.8) is 0 Å². The number of nitro benzene ring substituents is 2. The van der Waals surface area contributed by atoms with Gasteiger partial charge in [-0.25, -0.2) is 0 Å². The lowest BCUT2D eigenvalue weighted by molar-refractivity contribution is -0.396. The van der Waals surface area contributed by atoms with E-state index in [1.54, 1.807) is 28.8 Å². The summed E-state index contributed by atoms with van der Waals surface area (Å²) in [6.45, 7) is 3.80. The summed E-state index contributed by atoms with van der Waals surface area (Å²) in [5.74, 6) is 0.377. The van der Waals surface area contributed by atoms with Crippen molar-refractivity contribution in [2.45, 2.75) is 30.4 Å². The molecule has 0 radical (unpaired) electrons. The Bertz CT molecular complexity index is 1130. The summed E-state index contributed by atoms with van der Waals surface area (Å²) in [6.07, 6.45) is 0. The third kappa shape index (κ3) is 4.43. The van der Waals surface area contributed by atoms with E-state index in [9.17, 15) is 25.0 Å². The molecule has 0 aliphatic heterocycles. The van der Waals surface area contributed by atoms with E-state index in [4.69, 9.17) is 0 Å². The van der Waals surface area contributed by atoms with E-state index in [0.29, 0.717) is 23.2 Å². The minimum Gasteiger partial charge on any atom is -0.326 e. The second-order valence-corrected chi connectivity index (χ2v) is 7.09. The molecule has 30 heavy (non-hydrogen) atoms. The molecule has 2 aromatic carbocycles. The Hall–Kier alpha value is -3.80. The molecule has 154 valence electrons. The summed E-state index contributed by atoms with van der Waals surface area (Å²) in [6, 6.07) is 10.5. The number of nitro groups is 2. The predicted molar refractivity (Wildman–Crippen MR) is 109 cm³/mol. The Morgan fingerprint density at radius 1 is 1.10 bits per heavy atom. The summed E-state index contributed by atoms with van der Waals surface area (Å²) in [5, 5.41) is 33.7. The van der Waals surface area contributed by atoms with Crippen molar-refractivity contribution in [2.24, 2.45) is 0 Å². The van der Waals surface area contributed by atoms with Crippen molar-refractivity contribution < 1.29 is 14.6 Å². The monoisotopic (exact) mass is 428 g/mol. The molecule has 0 fully saturated rings. The van der Waals surface area contributed by atoms with Crippen molar-refractivity contribution in [3.8, 4) is 11.4 Å². The highest BCUT2D eigenvalue weighted by molar-refractivity contribution is 7.99. The van der Waals surface area contributed by atoms with Gasteiger partial charge < -0.3 is 9.88 Å². The van der Waals surface area contributed by atoms with E-state index >= 15 is 0 Å². The second-order valence-electron chi connectivity index (χ2n) is 6.08. The fraction of sp³-hybridized carbons (Fsp3) is 0.167. The highest BCUT2D eigenvalue weighted by Crippen LogP contribution is 2.37. The van der Waals surface area contributed by atoms with Crippen LogP contribution in [0.25, 0.3) is 11.4 Å². The maximum atomic E-state index is 11.4. The summed E-state index contributed by atoms with van der Waals surface area (Å²) in [4.78, 5) is 32.3. The smallest absolute Gasteiger partial charge is 0.290 e. The summed E-state index contributed by atoms with van der Waals surface area (Å²) in [5.41, 5.74) is 0.664. The van der Waals surface area contributed by atoms with Crippen LogP contribution in [0.5, 0.6) is 0 Å². The lowest BCUT2D eigenvalue weighted by Gasteiger charge is -2.08. The molecule has 12 heteroatoms. The first kappa shape index (κ1) is 20.9. The van der Waals surface area contributed by atoms with Crippen LogP contribution in [0.4, 0.5) is 17.1 Å². The van der Waals surface area contributed by atoms with Crippen molar-refractivity contribution in [2.75, 3.05) is 5.32 Å². The number of hydrogen-bond donors (Lipinski definition) is 1. The van der Waals surface area contributed by atoms with Gasteiger partial charge in [-0.15, -0.1) is 10.2 Å². The molecule has 0 bridgehead atoms. The van der Waals surface area contributed by atoms with Gasteiger partial charge in [0, 0.05) is 30.8 Å². The number of nitrogens with zero attached hydrogens (tertiary/aromatic N) is 5. The molecule has 0 aliphatic rings. The minimum absolute atomic E-state index is 0.178. The molecule has 11 nitrogen and oxygen atoms in total. The summed E-state index contributed by atoms with van der Waals surface area (Å²) < 4.78 is 1.78. The number of anilines is 1. The van der Waals surface area contributed by atoms with Crippen LogP contribution in [0.15, 0.2) is 52.5 Å². The third-order valence-electron chi connectivity index (χ3n) is 4.05. The number of benzene rings is 2. The van der Waals surface area contributed by atoms with Gasteiger partial charge in [0.05, 0.1) is 20.8 Å². The van der Waals surface area contributed by atoms with Crippen LogP contribution >= 0.6 is 11.8 Å². The largest absolute Gasteiger partial charge is 0.326 e. The average molecular weight is 428 g/mol. The number of nitrogens with one attached hydrogen (secondary N) is 1. The Morgan fingerprint density at radius 2 is 1.80 bits per heavy atom. The van der Waals surface area contributed by atoms with Gasteiger partial charge in [-0.3, -0.25) is 25.0 Å². The van der Waals surface area contributed by atoms with Crippen LogP contribution in [0.2, 0.25) is 0 Å². The van der Waals surface area contributed by atoms with Gasteiger partial charge >= 0.3 is 0 Å². The van der Waals surface area contributed by atoms with Crippen molar-refractivity contribution in [3.05, 3.63) is 62.7 Å². The molecule has 1 N–H and O–H groups in total. The number of aromatic nitrogens is 3. The lowest BCUT2D eigenvalue weighted by Crippen LogP contribution is -2.05. The predicted octanol–water partition coefficient (Wildman–Crippen LogP) is 3.89. The number of rotatable bonds is 7. The number of amides is 1. The number of carbonyl (C=O) groups is 1. The van der Waals surface area contributed by atoms with Crippen LogP contribution < -0.4 is 5.32 Å². The molecule has 0 unspecified atom stereocenters. The highest BCUT2D eigenvalue weighted by Gasteiger charge is 2.23. The van der Waals surface area contributed by atoms with E-state index in [2.05, 4.69) is 15.5 Å². The molecule has 1 heterocycles.